The van der Waals surface area contributed by atoms with Crippen LogP contribution >= 0.6 is 58.0 Å². The second kappa shape index (κ2) is 25.4. The van der Waals surface area contributed by atoms with Crippen LogP contribution in [0.4, 0.5) is 34.1 Å². The second-order valence-corrected chi connectivity index (χ2v) is 17.7. The van der Waals surface area contributed by atoms with Crippen molar-refractivity contribution >= 4 is 127 Å². The number of halogens is 5. The molecule has 5 aromatic carbocycles. The first kappa shape index (κ1) is 54.5. The van der Waals surface area contributed by atoms with Gasteiger partial charge >= 0.3 is 0 Å². The van der Waals surface area contributed by atoms with Crippen LogP contribution < -0.4 is 30.7 Å². The number of benzene rings is 5. The molecule has 0 bridgehead atoms. The van der Waals surface area contributed by atoms with E-state index in [-0.39, 0.29) is 49.8 Å². The number of para-hydroxylation sites is 2. The van der Waals surface area contributed by atoms with Crippen LogP contribution in [-0.4, -0.2) is 60.5 Å². The molecule has 0 radical (unpaired) electrons. The summed E-state index contributed by atoms with van der Waals surface area (Å²) in [5, 5.41) is 26.4. The molecule has 0 saturated carbocycles. The van der Waals surface area contributed by atoms with Gasteiger partial charge in [-0.3, -0.25) is 28.8 Å². The Kier molecular flexibility index (Phi) is 19.8. The van der Waals surface area contributed by atoms with Gasteiger partial charge in [-0.25, -0.2) is 0 Å². The van der Waals surface area contributed by atoms with Gasteiger partial charge in [-0.2, -0.15) is 20.5 Å². The predicted molar refractivity (Wildman–Crippen MR) is 274 cm³/mol. The van der Waals surface area contributed by atoms with Crippen LogP contribution in [0.1, 0.15) is 89.7 Å². The lowest BCUT2D eigenvalue weighted by atomic mass is 10.1. The molecule has 5 rings (SSSR count). The maximum Gasteiger partial charge on any atom is 0.258 e. The minimum absolute atomic E-state index is 0.0756. The molecular formula is C49H47Cl5N8O8. The van der Waals surface area contributed by atoms with Gasteiger partial charge in [0.2, 0.25) is 12.1 Å². The molecule has 0 aliphatic rings. The lowest BCUT2D eigenvalue weighted by molar-refractivity contribution is -0.127. The van der Waals surface area contributed by atoms with Crippen molar-refractivity contribution in [2.45, 2.75) is 70.3 Å². The summed E-state index contributed by atoms with van der Waals surface area (Å²) < 4.78 is 11.6. The van der Waals surface area contributed by atoms with E-state index in [1.165, 1.54) is 54.6 Å². The molecule has 4 atom stereocenters. The largest absolute Gasteiger partial charge is 0.491 e. The Bertz CT molecular complexity index is 2860. The number of nitrogens with one attached hydrogen (secondary N) is 4. The van der Waals surface area contributed by atoms with Gasteiger partial charge in [-0.05, 0) is 114 Å². The van der Waals surface area contributed by atoms with Crippen LogP contribution in [-0.2, 0) is 25.1 Å². The van der Waals surface area contributed by atoms with Crippen LogP contribution in [0.15, 0.2) is 111 Å². The minimum Gasteiger partial charge on any atom is -0.491 e. The number of anilines is 4. The first-order valence-electron chi connectivity index (χ1n) is 21.5. The number of alkyl halides is 3. The average Bonchev–Trinajstić information content (AvgIpc) is 3.30. The van der Waals surface area contributed by atoms with E-state index in [2.05, 4.69) is 41.7 Å². The molecule has 16 nitrogen and oxygen atoms in total. The number of ether oxygens (including phenoxy) is 2. The van der Waals surface area contributed by atoms with Crippen molar-refractivity contribution in [3.8, 4) is 11.5 Å². The maximum atomic E-state index is 13.5. The lowest BCUT2D eigenvalue weighted by Gasteiger charge is -2.17. The quantitative estimate of drug-likeness (QED) is 0.0314. The summed E-state index contributed by atoms with van der Waals surface area (Å²) in [6.45, 7) is 10.1. The summed E-state index contributed by atoms with van der Waals surface area (Å²) >= 11 is 31.6. The topological polar surface area (TPSA) is 218 Å². The Morgan fingerprint density at radius 1 is 0.571 bits per heavy atom. The van der Waals surface area contributed by atoms with Gasteiger partial charge in [0.25, 0.3) is 23.6 Å². The number of carbonyl (C=O) groups is 6. The molecule has 21 heteroatoms. The molecule has 0 fully saturated rings. The normalized spacial score (nSPS) is 13.0. The van der Waals surface area contributed by atoms with Crippen molar-refractivity contribution in [3.63, 3.8) is 0 Å². The molecule has 5 aromatic rings. The number of ketones is 2. The Labute approximate surface area is 428 Å². The molecule has 0 spiro atoms. The highest BCUT2D eigenvalue weighted by molar-refractivity contribution is 6.32. The number of rotatable bonds is 21. The summed E-state index contributed by atoms with van der Waals surface area (Å²) in [6, 6.07) is 19.8. The number of hydrogen-bond donors (Lipinski definition) is 4. The highest BCUT2D eigenvalue weighted by Gasteiger charge is 2.27. The second-order valence-electron chi connectivity index (χ2n) is 15.3. The number of hydrogen-bond acceptors (Lipinski definition) is 12. The lowest BCUT2D eigenvalue weighted by Crippen LogP contribution is -2.32. The van der Waals surface area contributed by atoms with Gasteiger partial charge in [-0.1, -0.05) is 47.5 Å². The van der Waals surface area contributed by atoms with E-state index in [4.69, 9.17) is 67.5 Å². The van der Waals surface area contributed by atoms with Crippen molar-refractivity contribution in [1.82, 2.24) is 0 Å². The van der Waals surface area contributed by atoms with E-state index in [1.807, 2.05) is 0 Å². The summed E-state index contributed by atoms with van der Waals surface area (Å²) in [4.78, 5) is 79.1. The van der Waals surface area contributed by atoms with Gasteiger partial charge in [0.15, 0.2) is 11.6 Å². The van der Waals surface area contributed by atoms with Crippen LogP contribution in [0.25, 0.3) is 0 Å². The van der Waals surface area contributed by atoms with E-state index in [1.54, 1.807) is 64.1 Å². The molecule has 0 heterocycles. The van der Waals surface area contributed by atoms with Crippen LogP contribution in [0.5, 0.6) is 11.5 Å². The van der Waals surface area contributed by atoms with Gasteiger partial charge in [0.1, 0.15) is 11.5 Å². The van der Waals surface area contributed by atoms with Gasteiger partial charge in [0.05, 0.1) is 46.7 Å². The van der Waals surface area contributed by atoms with Crippen LogP contribution in [0.3, 0.4) is 0 Å². The monoisotopic (exact) mass is 1050 g/mol. The standard InChI is InChI=1S/C49H47Cl5N8O8/c1-7-69-44-37(25(3)51)11-9-13-40(44)57-46(65)29-17-32(53)22-35(19-29)59-61-42(27(5)63)48(67)55-34-15-16-39(31(21-34)24-50)56-49(68)43(28(6)64)62-60-36-20-30(18-33(54)23-36)47(66)58-41-14-10-12-38(26(4)52)45(41)70-8-2/h9-23,25-26,42-43H,7-8,24H2,1-6H3,(H,55,67)(H,56,68)(H,57,65)(H,58,66). The van der Waals surface area contributed by atoms with Gasteiger partial charge in [-0.15, -0.1) is 34.8 Å². The zero-order valence-electron chi connectivity index (χ0n) is 38.5. The first-order chi connectivity index (χ1) is 33.3. The van der Waals surface area contributed by atoms with Crippen molar-refractivity contribution in [1.29, 1.82) is 0 Å². The van der Waals surface area contributed by atoms with E-state index in [9.17, 15) is 28.8 Å². The number of amides is 4. The van der Waals surface area contributed by atoms with E-state index < -0.39 is 58.0 Å². The molecule has 4 amide bonds. The molecule has 70 heavy (non-hydrogen) atoms. The summed E-state index contributed by atoms with van der Waals surface area (Å²) in [6.07, 6.45) is 0. The highest BCUT2D eigenvalue weighted by atomic mass is 35.5. The predicted octanol–water partition coefficient (Wildman–Crippen LogP) is 13.0. The molecule has 366 valence electrons. The zero-order valence-corrected chi connectivity index (χ0v) is 42.3. The van der Waals surface area contributed by atoms with Crippen LogP contribution in [0.2, 0.25) is 10.0 Å². The fourth-order valence-electron chi connectivity index (χ4n) is 6.66. The fraction of sp³-hybridized carbons (Fsp3) is 0.265. The molecule has 4 unspecified atom stereocenters. The minimum atomic E-state index is -1.63. The molecule has 0 aliphatic carbocycles. The number of azo groups is 2. The Morgan fingerprint density at radius 2 is 1.01 bits per heavy atom. The third-order valence-electron chi connectivity index (χ3n) is 9.93. The van der Waals surface area contributed by atoms with E-state index in [0.29, 0.717) is 52.8 Å². The first-order valence-corrected chi connectivity index (χ1v) is 23.7. The third kappa shape index (κ3) is 14.6. The number of Topliss-reactive ketones (excluding diaryl/α,β-unsaturated/α-hetero) is 2. The highest BCUT2D eigenvalue weighted by Crippen LogP contribution is 2.38. The molecule has 0 aliphatic heterocycles. The number of nitrogens with zero attached hydrogens (tertiary/aromatic N) is 4. The fourth-order valence-corrected chi connectivity index (χ4v) is 7.68. The molecule has 0 saturated heterocycles. The average molecular weight is 1050 g/mol. The molecule has 4 N–H and O–H groups in total. The summed E-state index contributed by atoms with van der Waals surface area (Å²) in [5.74, 6) is -3.45. The Balaban J connectivity index is 1.27. The van der Waals surface area contributed by atoms with Crippen molar-refractivity contribution < 1.29 is 38.2 Å². The van der Waals surface area contributed by atoms with E-state index in [0.717, 1.165) is 13.8 Å². The Hall–Kier alpha value is -6.43. The van der Waals surface area contributed by atoms with Crippen molar-refractivity contribution in [2.75, 3.05) is 34.5 Å². The smallest absolute Gasteiger partial charge is 0.258 e. The third-order valence-corrected chi connectivity index (χ3v) is 11.1. The maximum absolute atomic E-state index is 13.5. The number of carbonyl (C=O) groups excluding carboxylic acids is 6. The zero-order chi connectivity index (χ0) is 51.2. The SMILES string of the molecule is CCOc1c(NC(=O)c2cc(Cl)cc(N=NC(C(C)=O)C(=O)Nc3ccc(NC(=O)C(N=Nc4cc(Cl)cc(C(=O)Nc5cccc(C(C)Cl)c5OCC)c4)C(C)=O)c(CCl)c3)c2)cccc1C(C)Cl. The van der Waals surface area contributed by atoms with Gasteiger partial charge < -0.3 is 30.7 Å². The van der Waals surface area contributed by atoms with Gasteiger partial charge in [0, 0.05) is 49.6 Å². The molecular weight excluding hydrogens is 1010 g/mol. The van der Waals surface area contributed by atoms with Crippen LogP contribution in [0, 0.1) is 0 Å². The van der Waals surface area contributed by atoms with E-state index >= 15 is 0 Å². The Morgan fingerprint density at radius 3 is 1.41 bits per heavy atom. The van der Waals surface area contributed by atoms with Crippen molar-refractivity contribution in [2.24, 2.45) is 20.5 Å². The summed E-state index contributed by atoms with van der Waals surface area (Å²) in [5.41, 5.74) is 3.17. The molecule has 0 aromatic heterocycles. The summed E-state index contributed by atoms with van der Waals surface area (Å²) in [7, 11) is 0. The van der Waals surface area contributed by atoms with Crippen molar-refractivity contribution in [3.05, 3.63) is 129 Å².